The summed E-state index contributed by atoms with van der Waals surface area (Å²) in [5.74, 6) is 0.636. The summed E-state index contributed by atoms with van der Waals surface area (Å²) in [5, 5.41) is 1.31. The molecule has 0 aliphatic heterocycles. The maximum Gasteiger partial charge on any atom is 0.0406 e. The average molecular weight is 343 g/mol. The van der Waals surface area contributed by atoms with Crippen molar-refractivity contribution in [3.63, 3.8) is 0 Å². The molecule has 0 heterocycles. The Bertz CT molecular complexity index is 625. The molecule has 4 heteroatoms. The van der Waals surface area contributed by atoms with Gasteiger partial charge in [-0.15, -0.1) is 0 Å². The van der Waals surface area contributed by atoms with Gasteiger partial charge in [0.15, 0.2) is 0 Å². The van der Waals surface area contributed by atoms with E-state index in [1.165, 1.54) is 0 Å². The lowest BCUT2D eigenvalue weighted by Crippen LogP contribution is -2.35. The zero-order valence-corrected chi connectivity index (χ0v) is 14.6. The zero-order chi connectivity index (χ0) is 15.5. The van der Waals surface area contributed by atoms with E-state index in [2.05, 4.69) is 6.92 Å². The van der Waals surface area contributed by atoms with E-state index in [4.69, 9.17) is 23.2 Å². The Hall–Kier alpha value is -0.830. The Morgan fingerprint density at radius 1 is 0.857 bits per heavy atom. The molecule has 0 aliphatic carbocycles. The fourth-order valence-electron chi connectivity index (χ4n) is 2.44. The van der Waals surface area contributed by atoms with Crippen molar-refractivity contribution in [3.8, 4) is 0 Å². The van der Waals surface area contributed by atoms with Crippen LogP contribution in [0.4, 0.5) is 0 Å². The van der Waals surface area contributed by atoms with Gasteiger partial charge in [-0.3, -0.25) is 4.21 Å². The maximum atomic E-state index is 14.1. The van der Waals surface area contributed by atoms with Crippen LogP contribution < -0.4 is 0 Å². The van der Waals surface area contributed by atoms with Crippen LogP contribution in [0.1, 0.15) is 19.8 Å². The van der Waals surface area contributed by atoms with Crippen LogP contribution in [-0.2, 0) is 9.07 Å². The molecule has 0 aliphatic rings. The molecule has 0 N–H and O–H groups in total. The van der Waals surface area contributed by atoms with Gasteiger partial charge in [-0.1, -0.05) is 36.5 Å². The third-order valence-corrected chi connectivity index (χ3v) is 8.64. The van der Waals surface area contributed by atoms with Crippen molar-refractivity contribution in [2.75, 3.05) is 12.0 Å². The highest BCUT2D eigenvalue weighted by atomic mass is 35.5. The number of benzene rings is 2. The van der Waals surface area contributed by atoms with E-state index in [1.807, 2.05) is 30.5 Å². The Kier molecular flexibility index (Phi) is 4.82. The second-order valence-corrected chi connectivity index (χ2v) is 10.8. The van der Waals surface area contributed by atoms with Crippen LogP contribution in [-0.4, -0.2) is 16.2 Å². The van der Waals surface area contributed by atoms with Gasteiger partial charge in [0.2, 0.25) is 0 Å². The number of hydrogen-bond donors (Lipinski definition) is 0. The predicted molar refractivity (Wildman–Crippen MR) is 93.3 cm³/mol. The number of hydrogen-bond acceptors (Lipinski definition) is 1. The summed E-state index contributed by atoms with van der Waals surface area (Å²) < 4.78 is 14.1. The van der Waals surface area contributed by atoms with Gasteiger partial charge in [-0.25, -0.2) is 0 Å². The highest BCUT2D eigenvalue weighted by Gasteiger charge is 2.35. The van der Waals surface area contributed by atoms with Crippen molar-refractivity contribution in [2.24, 2.45) is 0 Å². The molecular weight excluding hydrogens is 323 g/mol. The predicted octanol–water partition coefficient (Wildman–Crippen LogP) is 5.66. The van der Waals surface area contributed by atoms with Crippen LogP contribution in [0.3, 0.4) is 0 Å². The molecule has 0 saturated carbocycles. The molecule has 0 aromatic heterocycles. The summed E-state index contributed by atoms with van der Waals surface area (Å²) in [4.78, 5) is 1.68. The normalized spacial score (nSPS) is 13.6. The molecule has 2 rings (SSSR count). The van der Waals surface area contributed by atoms with Gasteiger partial charge in [-0.05, 0) is 70.3 Å². The van der Waals surface area contributed by atoms with Crippen molar-refractivity contribution in [1.29, 1.82) is 0 Å². The fourth-order valence-corrected chi connectivity index (χ4v) is 6.12. The summed E-state index contributed by atoms with van der Waals surface area (Å²) in [6.45, 7) is 2.11. The number of unbranched alkanes of at least 4 members (excludes halogenated alkanes) is 1. The molecule has 0 atom stereocenters. The van der Waals surface area contributed by atoms with E-state index in [0.717, 1.165) is 22.6 Å². The van der Waals surface area contributed by atoms with Crippen molar-refractivity contribution in [1.82, 2.24) is 0 Å². The first-order valence-corrected chi connectivity index (χ1v) is 10.3. The molecule has 0 saturated heterocycles. The van der Waals surface area contributed by atoms with Crippen LogP contribution in [0.25, 0.3) is 0 Å². The van der Waals surface area contributed by atoms with E-state index < -0.39 is 9.07 Å². The third-order valence-electron chi connectivity index (χ3n) is 3.85. The van der Waals surface area contributed by atoms with Crippen LogP contribution in [0.5, 0.6) is 0 Å². The first-order valence-electron chi connectivity index (χ1n) is 7.00. The average Bonchev–Trinajstić information content (AvgIpc) is 2.46. The molecule has 0 spiro atoms. The van der Waals surface area contributed by atoms with E-state index in [-0.39, 0.29) is 0 Å². The molecular formula is C17H20Cl2OS. The molecule has 114 valence electrons. The molecule has 2 aromatic rings. The molecule has 0 unspecified atom stereocenters. The monoisotopic (exact) mass is 342 g/mol. The lowest BCUT2D eigenvalue weighted by Gasteiger charge is -2.39. The van der Waals surface area contributed by atoms with Crippen LogP contribution in [0, 0.1) is 0 Å². The Labute approximate surface area is 136 Å². The largest absolute Gasteiger partial charge is 0.273 e. The molecule has 0 radical (unpaired) electrons. The first kappa shape index (κ1) is 16.5. The minimum atomic E-state index is -3.13. The van der Waals surface area contributed by atoms with Gasteiger partial charge >= 0.3 is 0 Å². The molecule has 0 amide bonds. The van der Waals surface area contributed by atoms with Crippen molar-refractivity contribution in [2.45, 2.75) is 29.6 Å². The summed E-state index contributed by atoms with van der Waals surface area (Å²) in [6, 6.07) is 14.7. The minimum Gasteiger partial charge on any atom is -0.273 e. The number of rotatable bonds is 5. The Morgan fingerprint density at radius 3 is 1.57 bits per heavy atom. The summed E-state index contributed by atoms with van der Waals surface area (Å²) in [5.41, 5.74) is 0. The highest BCUT2D eigenvalue weighted by Crippen LogP contribution is 2.42. The third kappa shape index (κ3) is 3.33. The smallest absolute Gasteiger partial charge is 0.0406 e. The van der Waals surface area contributed by atoms with Gasteiger partial charge in [-0.2, -0.15) is 0 Å². The summed E-state index contributed by atoms with van der Waals surface area (Å²) in [7, 11) is -3.13. The van der Waals surface area contributed by atoms with Crippen molar-refractivity contribution >= 4 is 32.3 Å². The molecule has 1 nitrogen and oxygen atoms in total. The SMILES string of the molecule is CCCCS(C)(=O)(c1ccc(Cl)cc1)c1ccc(Cl)cc1. The van der Waals surface area contributed by atoms with E-state index >= 15 is 0 Å². The van der Waals surface area contributed by atoms with Crippen LogP contribution >= 0.6 is 23.2 Å². The number of halogens is 2. The van der Waals surface area contributed by atoms with E-state index in [1.54, 1.807) is 24.3 Å². The molecule has 2 aromatic carbocycles. The Balaban J connectivity index is 2.62. The van der Waals surface area contributed by atoms with Gasteiger partial charge in [0.05, 0.1) is 0 Å². The Morgan fingerprint density at radius 2 is 1.24 bits per heavy atom. The maximum absolute atomic E-state index is 14.1. The van der Waals surface area contributed by atoms with Crippen molar-refractivity contribution in [3.05, 3.63) is 58.6 Å². The van der Waals surface area contributed by atoms with E-state index in [9.17, 15) is 4.21 Å². The highest BCUT2D eigenvalue weighted by molar-refractivity contribution is 8.19. The minimum absolute atomic E-state index is 0.636. The van der Waals surface area contributed by atoms with Crippen molar-refractivity contribution < 1.29 is 4.21 Å². The second kappa shape index (κ2) is 6.12. The first-order chi connectivity index (χ1) is 9.85. The standard InChI is InChI=1S/C17H20Cl2OS/c1-3-4-13-21(2,20,16-9-5-14(18)6-10-16)17-11-7-15(19)8-12-17/h5-12H,3-4,13H2,1-2H3. The fraction of sp³-hybridized carbons (Fsp3) is 0.294. The topological polar surface area (TPSA) is 17.1 Å². The van der Waals surface area contributed by atoms with Gasteiger partial charge in [0.1, 0.15) is 0 Å². The van der Waals surface area contributed by atoms with E-state index in [0.29, 0.717) is 15.8 Å². The van der Waals surface area contributed by atoms with Gasteiger partial charge in [0.25, 0.3) is 0 Å². The van der Waals surface area contributed by atoms with Crippen LogP contribution in [0.15, 0.2) is 58.3 Å². The quantitative estimate of drug-likeness (QED) is 0.684. The van der Waals surface area contributed by atoms with Gasteiger partial charge < -0.3 is 0 Å². The lowest BCUT2D eigenvalue weighted by atomic mass is 10.4. The molecule has 0 fully saturated rings. The second-order valence-electron chi connectivity index (χ2n) is 5.50. The lowest BCUT2D eigenvalue weighted by molar-refractivity contribution is 0.654. The summed E-state index contributed by atoms with van der Waals surface area (Å²) in [6.07, 6.45) is 3.79. The molecule has 0 bridgehead atoms. The zero-order valence-electron chi connectivity index (χ0n) is 12.3. The van der Waals surface area contributed by atoms with Gasteiger partial charge in [0, 0.05) is 25.6 Å². The summed E-state index contributed by atoms with van der Waals surface area (Å²) >= 11 is 11.9. The van der Waals surface area contributed by atoms with Crippen LogP contribution in [0.2, 0.25) is 10.0 Å². The molecule has 21 heavy (non-hydrogen) atoms.